The number of hydrogen-bond acceptors (Lipinski definition) is 12. The molecule has 4 aromatic carbocycles. The van der Waals surface area contributed by atoms with E-state index in [0.29, 0.717) is 66.4 Å². The van der Waals surface area contributed by atoms with Crippen molar-refractivity contribution in [3.63, 3.8) is 0 Å². The van der Waals surface area contributed by atoms with Crippen molar-refractivity contribution in [1.29, 1.82) is 0 Å². The number of fused-ring (bicyclic) bond motifs is 3. The van der Waals surface area contributed by atoms with Crippen LogP contribution in [-0.4, -0.2) is 98.3 Å². The molecule has 3 aromatic heterocycles. The van der Waals surface area contributed by atoms with Crippen LogP contribution < -0.4 is 25.2 Å². The molecule has 6 heterocycles. The highest BCUT2D eigenvalue weighted by Crippen LogP contribution is 2.39. The number of ether oxygens (including phenoxy) is 1. The minimum Gasteiger partial charge on any atom is -0.490 e. The van der Waals surface area contributed by atoms with E-state index in [2.05, 4.69) is 44.5 Å². The van der Waals surface area contributed by atoms with E-state index in [1.807, 2.05) is 102 Å². The van der Waals surface area contributed by atoms with Crippen molar-refractivity contribution in [3.05, 3.63) is 125 Å². The fraction of sp³-hybridized carbons (Fsp3) is 0.386. The van der Waals surface area contributed by atoms with Gasteiger partial charge in [0.15, 0.2) is 10.8 Å². The maximum absolute atomic E-state index is 13.7. The lowest BCUT2D eigenvalue weighted by atomic mass is 9.84. The number of carbonyl (C=O) groups is 4. The molecule has 0 spiro atoms. The second-order valence-corrected chi connectivity index (χ2v) is 21.3. The number of carboxylic acid groups (broad SMARTS) is 1. The molecule has 3 N–H and O–H groups in total. The Kier molecular flexibility index (Phi) is 13.4. The highest BCUT2D eigenvalue weighted by Gasteiger charge is 2.34. The van der Waals surface area contributed by atoms with Gasteiger partial charge in [-0.15, -0.1) is 0 Å². The number of piperidine rings is 1. The van der Waals surface area contributed by atoms with E-state index in [0.717, 1.165) is 119 Å². The van der Waals surface area contributed by atoms with E-state index in [-0.39, 0.29) is 29.5 Å². The van der Waals surface area contributed by atoms with Gasteiger partial charge >= 0.3 is 5.97 Å². The van der Waals surface area contributed by atoms with Crippen molar-refractivity contribution in [2.75, 3.05) is 47.8 Å². The predicted octanol–water partition coefficient (Wildman–Crippen LogP) is 9.52. The van der Waals surface area contributed by atoms with Crippen LogP contribution in [0.3, 0.4) is 0 Å². The van der Waals surface area contributed by atoms with Crippen molar-refractivity contribution in [1.82, 2.24) is 30.0 Å². The molecule has 0 bridgehead atoms. The lowest BCUT2D eigenvalue weighted by Crippen LogP contribution is -2.52. The number of aryl methyl sites for hydroxylation is 1. The Morgan fingerprint density at radius 1 is 0.863 bits per heavy atom. The number of imide groups is 1. The smallest absolute Gasteiger partial charge is 0.355 e. The van der Waals surface area contributed by atoms with Crippen molar-refractivity contribution >= 4 is 72.8 Å². The number of carboxylic acids is 1. The summed E-state index contributed by atoms with van der Waals surface area (Å²) >= 11 is 1.44. The largest absolute Gasteiger partial charge is 0.490 e. The van der Waals surface area contributed by atoms with Crippen LogP contribution in [0.15, 0.2) is 91.0 Å². The van der Waals surface area contributed by atoms with E-state index in [1.54, 1.807) is 0 Å². The topological polar surface area (TPSA) is 175 Å². The van der Waals surface area contributed by atoms with Crippen LogP contribution >= 0.6 is 11.3 Å². The van der Waals surface area contributed by atoms with Crippen LogP contribution in [0.25, 0.3) is 32.2 Å². The molecule has 3 amide bonds. The molecule has 15 nitrogen and oxygen atoms in total. The molecule has 1 saturated carbocycles. The maximum atomic E-state index is 13.7. The zero-order valence-electron chi connectivity index (χ0n) is 41.6. The highest BCUT2D eigenvalue weighted by molar-refractivity contribution is 7.22. The van der Waals surface area contributed by atoms with E-state index in [9.17, 15) is 24.3 Å². The van der Waals surface area contributed by atoms with Gasteiger partial charge in [0.25, 0.3) is 5.91 Å². The minimum atomic E-state index is -1.10. The molecule has 0 radical (unpaired) electrons. The Morgan fingerprint density at radius 2 is 1.68 bits per heavy atom. The van der Waals surface area contributed by atoms with Crippen LogP contribution in [0.4, 0.5) is 16.6 Å². The number of thiazole rings is 1. The van der Waals surface area contributed by atoms with Crippen LogP contribution in [0.1, 0.15) is 107 Å². The molecule has 2 atom stereocenters. The summed E-state index contributed by atoms with van der Waals surface area (Å²) in [5.74, 6) is -0.257. The monoisotopic (exact) mass is 999 g/mol. The summed E-state index contributed by atoms with van der Waals surface area (Å²) in [7, 11) is 1.94. The standard InChI is InChI=1S/C57H61N9O6S/c1-34-32-65(46-16-7-14-42-51(62-63(3)53(42)46)43-24-26-50(67)60-55(43)69)31-30-64(34)28-9-10-36-19-21-38(22-20-36)72-47-17-8-12-39(35(47)2)40-23-25-49(59-52(40)56(70)71)66-29-27-37-11-6-13-41(44(37)33-66)54(68)61-57-58-45-15-4-5-18-48(45)73-57/h4-8,11-18,23,25,34,36,38,43H,9-10,19-22,24,26-33H2,1-3H3,(H,70,71)(H,58,61,68)(H,60,67,69)/t34-,36?,38?,43-/m1/s1. The molecule has 3 aliphatic heterocycles. The molecule has 2 saturated heterocycles. The minimum absolute atomic E-state index is 0.0217. The van der Waals surface area contributed by atoms with Gasteiger partial charge < -0.3 is 19.6 Å². The predicted molar refractivity (Wildman–Crippen MR) is 285 cm³/mol. The molecule has 11 rings (SSSR count). The third kappa shape index (κ3) is 9.77. The van der Waals surface area contributed by atoms with Gasteiger partial charge in [0.05, 0.1) is 39.1 Å². The first kappa shape index (κ1) is 48.1. The second-order valence-electron chi connectivity index (χ2n) is 20.3. The zero-order chi connectivity index (χ0) is 50.3. The number of amides is 3. The Hall–Kier alpha value is -7.17. The molecule has 16 heteroatoms. The third-order valence-electron chi connectivity index (χ3n) is 15.7. The Morgan fingerprint density at radius 3 is 2.49 bits per heavy atom. The summed E-state index contributed by atoms with van der Waals surface area (Å²) < 4.78 is 9.61. The van der Waals surface area contributed by atoms with Crippen LogP contribution in [0.5, 0.6) is 5.75 Å². The van der Waals surface area contributed by atoms with Crippen molar-refractivity contribution in [2.45, 2.75) is 96.2 Å². The van der Waals surface area contributed by atoms with E-state index in [4.69, 9.17) is 14.8 Å². The lowest BCUT2D eigenvalue weighted by Gasteiger charge is -2.41. The van der Waals surface area contributed by atoms with Gasteiger partial charge in [-0.05, 0) is 142 Å². The van der Waals surface area contributed by atoms with Crippen molar-refractivity contribution in [2.24, 2.45) is 13.0 Å². The molecule has 0 unspecified atom stereocenters. The summed E-state index contributed by atoms with van der Waals surface area (Å²) in [5.41, 5.74) is 8.49. The molecular formula is C57H61N9O6S. The highest BCUT2D eigenvalue weighted by atomic mass is 32.1. The first-order valence-electron chi connectivity index (χ1n) is 25.8. The van der Waals surface area contributed by atoms with E-state index in [1.165, 1.54) is 17.8 Å². The Labute approximate surface area is 428 Å². The van der Waals surface area contributed by atoms with Gasteiger partial charge in [-0.3, -0.25) is 34.6 Å². The number of rotatable bonds is 13. The summed E-state index contributed by atoms with van der Waals surface area (Å²) in [5, 5.41) is 22.4. The van der Waals surface area contributed by atoms with Gasteiger partial charge in [0.2, 0.25) is 11.8 Å². The number of aromatic carboxylic acids is 1. The summed E-state index contributed by atoms with van der Waals surface area (Å²) in [6, 6.07) is 29.8. The number of anilines is 3. The number of benzene rings is 4. The van der Waals surface area contributed by atoms with Gasteiger partial charge in [0.1, 0.15) is 11.6 Å². The maximum Gasteiger partial charge on any atom is 0.355 e. The molecule has 376 valence electrons. The molecular weight excluding hydrogens is 939 g/mol. The fourth-order valence-corrected chi connectivity index (χ4v) is 12.6. The molecule has 1 aliphatic carbocycles. The van der Waals surface area contributed by atoms with Gasteiger partial charge in [-0.2, -0.15) is 5.10 Å². The van der Waals surface area contributed by atoms with E-state index < -0.39 is 11.9 Å². The van der Waals surface area contributed by atoms with Crippen LogP contribution in [0.2, 0.25) is 0 Å². The quantitative estimate of drug-likeness (QED) is 0.0935. The third-order valence-corrected chi connectivity index (χ3v) is 16.7. The number of carbonyl (C=O) groups excluding carboxylic acids is 3. The zero-order valence-corrected chi connectivity index (χ0v) is 42.4. The Balaban J connectivity index is 0.679. The average Bonchev–Trinajstić information content (AvgIpc) is 3.97. The first-order valence-corrected chi connectivity index (χ1v) is 26.6. The number of pyridine rings is 1. The summed E-state index contributed by atoms with van der Waals surface area (Å²) in [4.78, 5) is 67.7. The van der Waals surface area contributed by atoms with Crippen LogP contribution in [-0.2, 0) is 29.6 Å². The first-order chi connectivity index (χ1) is 35.4. The summed E-state index contributed by atoms with van der Waals surface area (Å²) in [6.07, 6.45) is 8.13. The number of piperazine rings is 1. The lowest BCUT2D eigenvalue weighted by molar-refractivity contribution is -0.134. The molecule has 4 aliphatic rings. The number of aromatic nitrogens is 4. The number of nitrogens with zero attached hydrogens (tertiary/aromatic N) is 7. The Bertz CT molecular complexity index is 3240. The molecule has 3 fully saturated rings. The van der Waals surface area contributed by atoms with Gasteiger partial charge in [0, 0.05) is 68.7 Å². The fourth-order valence-electron chi connectivity index (χ4n) is 11.8. The van der Waals surface area contributed by atoms with Crippen molar-refractivity contribution in [3.8, 4) is 16.9 Å². The number of nitrogens with one attached hydrogen (secondary N) is 2. The summed E-state index contributed by atoms with van der Waals surface area (Å²) in [6.45, 7) is 9.23. The van der Waals surface area contributed by atoms with E-state index >= 15 is 0 Å². The normalized spacial score (nSPS) is 20.5. The number of para-hydroxylation sites is 2. The average molecular weight is 1000 g/mol. The van der Waals surface area contributed by atoms with Gasteiger partial charge in [-0.25, -0.2) is 14.8 Å². The van der Waals surface area contributed by atoms with Crippen molar-refractivity contribution < 1.29 is 29.0 Å². The van der Waals surface area contributed by atoms with Gasteiger partial charge in [-0.1, -0.05) is 59.9 Å². The molecule has 73 heavy (non-hydrogen) atoms. The number of hydrogen-bond donors (Lipinski definition) is 3. The van der Waals surface area contributed by atoms with Crippen LogP contribution in [0, 0.1) is 12.8 Å². The second kappa shape index (κ2) is 20.4. The SMILES string of the molecule is Cc1c(OC2CCC(CCCN3CCN(c4cccc5c([C@H]6CCC(=O)NC6=O)nn(C)c45)C[C@H]3C)CC2)cccc1-c1ccc(N2CCc3cccc(C(=O)Nc4nc5ccccc5s4)c3C2)nc1C(=O)O. The molecule has 7 aromatic rings.